The number of pyridine rings is 1. The lowest BCUT2D eigenvalue weighted by atomic mass is 10.2. The third kappa shape index (κ3) is 3.91. The van der Waals surface area contributed by atoms with Crippen molar-refractivity contribution >= 4 is 38.1 Å². The van der Waals surface area contributed by atoms with Gasteiger partial charge >= 0.3 is 0 Å². The van der Waals surface area contributed by atoms with Gasteiger partial charge in [0.25, 0.3) is 11.5 Å². The van der Waals surface area contributed by atoms with Gasteiger partial charge in [0.1, 0.15) is 11.6 Å². The predicted molar refractivity (Wildman–Crippen MR) is 117 cm³/mol. The van der Waals surface area contributed by atoms with E-state index in [9.17, 15) is 9.59 Å². The highest BCUT2D eigenvalue weighted by Crippen LogP contribution is 2.28. The summed E-state index contributed by atoms with van der Waals surface area (Å²) in [5.41, 5.74) is 1.03. The predicted octanol–water partition coefficient (Wildman–Crippen LogP) is 2.43. The fourth-order valence-corrected chi connectivity index (χ4v) is 3.99. The quantitative estimate of drug-likeness (QED) is 0.507. The first kappa shape index (κ1) is 20.4. The minimum absolute atomic E-state index is 0.148. The van der Waals surface area contributed by atoms with Crippen molar-refractivity contribution in [2.75, 3.05) is 6.54 Å². The zero-order valence-corrected chi connectivity index (χ0v) is 18.2. The third-order valence-corrected chi connectivity index (χ3v) is 5.51. The first-order valence-electron chi connectivity index (χ1n) is 10.0. The van der Waals surface area contributed by atoms with Crippen LogP contribution in [-0.2, 0) is 19.4 Å². The molecular weight excluding hydrogens is 450 g/mol. The van der Waals surface area contributed by atoms with Crippen LogP contribution in [0.2, 0.25) is 0 Å². The van der Waals surface area contributed by atoms with E-state index in [1.165, 1.54) is 0 Å². The van der Waals surface area contributed by atoms with E-state index in [-0.39, 0.29) is 11.5 Å². The number of amides is 1. The molecule has 0 fully saturated rings. The Balaban J connectivity index is 1.60. The molecule has 3 aromatic rings. The summed E-state index contributed by atoms with van der Waals surface area (Å²) in [6.45, 7) is 3.21. The van der Waals surface area contributed by atoms with E-state index in [0.717, 1.165) is 30.4 Å². The lowest BCUT2D eigenvalue weighted by molar-refractivity contribution is 0.0954. The molecule has 30 heavy (non-hydrogen) atoms. The number of nitrogens with zero attached hydrogens (tertiary/aromatic N) is 6. The second kappa shape index (κ2) is 8.86. The van der Waals surface area contributed by atoms with Crippen molar-refractivity contribution in [2.45, 2.75) is 45.6 Å². The van der Waals surface area contributed by atoms with Crippen LogP contribution >= 0.6 is 15.9 Å². The van der Waals surface area contributed by atoms with E-state index in [1.54, 1.807) is 28.9 Å². The summed E-state index contributed by atoms with van der Waals surface area (Å²) >= 11 is 3.43. The Morgan fingerprint density at radius 2 is 2.03 bits per heavy atom. The summed E-state index contributed by atoms with van der Waals surface area (Å²) in [6.07, 6.45) is 7.16. The fourth-order valence-electron chi connectivity index (χ4n) is 3.54. The van der Waals surface area contributed by atoms with E-state index in [2.05, 4.69) is 48.3 Å². The molecule has 0 bridgehead atoms. The third-order valence-electron chi connectivity index (χ3n) is 5.05. The van der Waals surface area contributed by atoms with Crippen molar-refractivity contribution in [3.05, 3.63) is 51.8 Å². The standard InChI is InChI=1S/C20H22BrN7O2/c1-2-3-4-11-27-17-14(12-15(21)24-17)19(30)28-16(25-26-20(27)28)7-10-23-18(29)13-5-8-22-9-6-13/h5-6,8-9H,2-4,7,10-12H2,1H3,(H,23,29). The lowest BCUT2D eigenvalue weighted by Gasteiger charge is -2.12. The van der Waals surface area contributed by atoms with Gasteiger partial charge in [-0.3, -0.25) is 19.1 Å². The van der Waals surface area contributed by atoms with Crippen LogP contribution < -0.4 is 10.9 Å². The Bertz CT molecular complexity index is 1170. The summed E-state index contributed by atoms with van der Waals surface area (Å²) in [4.78, 5) is 33.8. The number of aromatic nitrogens is 5. The van der Waals surface area contributed by atoms with Crippen LogP contribution in [0.3, 0.4) is 0 Å². The second-order valence-corrected chi connectivity index (χ2v) is 8.04. The highest BCUT2D eigenvalue weighted by molar-refractivity contribution is 9.18. The molecule has 0 saturated heterocycles. The number of aryl methyl sites for hydroxylation is 1. The molecule has 0 atom stereocenters. The Hall–Kier alpha value is -2.88. The number of carbonyl (C=O) groups excluding carboxylic acids is 1. The molecule has 10 heteroatoms. The molecule has 0 aliphatic carbocycles. The van der Waals surface area contributed by atoms with Crippen molar-refractivity contribution in [1.82, 2.24) is 29.5 Å². The topological polar surface area (TPSA) is 107 Å². The van der Waals surface area contributed by atoms with Crippen LogP contribution in [0.1, 0.15) is 47.9 Å². The van der Waals surface area contributed by atoms with E-state index < -0.39 is 0 Å². The van der Waals surface area contributed by atoms with Crippen LogP contribution in [0.15, 0.2) is 34.3 Å². The largest absolute Gasteiger partial charge is 0.352 e. The van der Waals surface area contributed by atoms with Gasteiger partial charge in [-0.1, -0.05) is 19.8 Å². The number of unbranched alkanes of at least 4 members (excludes halogenated alkanes) is 2. The number of nitrogens with one attached hydrogen (secondary N) is 1. The Kier molecular flexibility index (Phi) is 6.03. The van der Waals surface area contributed by atoms with Crippen molar-refractivity contribution in [3.8, 4) is 0 Å². The average Bonchev–Trinajstić information content (AvgIpc) is 3.35. The van der Waals surface area contributed by atoms with Gasteiger partial charge in [0.05, 0.1) is 10.2 Å². The minimum Gasteiger partial charge on any atom is -0.352 e. The number of fused-ring (bicyclic) bond motifs is 2. The number of hydrogen-bond donors (Lipinski definition) is 1. The summed E-state index contributed by atoms with van der Waals surface area (Å²) in [7, 11) is 0. The minimum atomic E-state index is -0.193. The Labute approximate surface area is 181 Å². The van der Waals surface area contributed by atoms with Crippen molar-refractivity contribution in [3.63, 3.8) is 0 Å². The van der Waals surface area contributed by atoms with E-state index >= 15 is 0 Å². The molecule has 0 radical (unpaired) electrons. The molecule has 1 aliphatic heterocycles. The zero-order chi connectivity index (χ0) is 21.1. The van der Waals surface area contributed by atoms with Gasteiger partial charge in [0.15, 0.2) is 0 Å². The zero-order valence-electron chi connectivity index (χ0n) is 16.6. The molecule has 1 amide bonds. The van der Waals surface area contributed by atoms with Gasteiger partial charge in [-0.2, -0.15) is 0 Å². The van der Waals surface area contributed by atoms with Gasteiger partial charge in [0.2, 0.25) is 5.78 Å². The van der Waals surface area contributed by atoms with Crippen LogP contribution in [0, 0.1) is 0 Å². The fraction of sp³-hybridized carbons (Fsp3) is 0.400. The van der Waals surface area contributed by atoms with E-state index in [0.29, 0.717) is 47.9 Å². The molecule has 0 spiro atoms. The molecular formula is C20H22BrN7O2. The molecule has 0 unspecified atom stereocenters. The van der Waals surface area contributed by atoms with Crippen molar-refractivity contribution in [1.29, 1.82) is 0 Å². The lowest BCUT2D eigenvalue weighted by Crippen LogP contribution is -2.28. The van der Waals surface area contributed by atoms with Gasteiger partial charge in [-0.25, -0.2) is 9.39 Å². The highest BCUT2D eigenvalue weighted by atomic mass is 79.9. The summed E-state index contributed by atoms with van der Waals surface area (Å²) in [6, 6.07) is 3.30. The molecule has 3 aromatic heterocycles. The van der Waals surface area contributed by atoms with Crippen LogP contribution in [0.5, 0.6) is 0 Å². The van der Waals surface area contributed by atoms with Gasteiger partial charge < -0.3 is 5.32 Å². The number of rotatable bonds is 8. The van der Waals surface area contributed by atoms with Gasteiger partial charge in [-0.15, -0.1) is 10.2 Å². The van der Waals surface area contributed by atoms with Gasteiger partial charge in [0, 0.05) is 43.9 Å². The smallest absolute Gasteiger partial charge is 0.266 e. The van der Waals surface area contributed by atoms with Crippen LogP contribution in [-0.4, -0.2) is 41.2 Å². The second-order valence-electron chi connectivity index (χ2n) is 7.12. The average molecular weight is 472 g/mol. The Morgan fingerprint density at radius 1 is 1.23 bits per heavy atom. The molecule has 1 N–H and O–H groups in total. The summed E-state index contributed by atoms with van der Waals surface area (Å²) in [5.74, 6) is 1.50. The van der Waals surface area contributed by atoms with Crippen molar-refractivity contribution < 1.29 is 4.79 Å². The molecule has 4 rings (SSSR count). The first-order valence-corrected chi connectivity index (χ1v) is 10.8. The maximum atomic E-state index is 13.1. The van der Waals surface area contributed by atoms with E-state index in [1.807, 2.05) is 4.57 Å². The molecule has 156 valence electrons. The van der Waals surface area contributed by atoms with Crippen molar-refractivity contribution in [2.24, 2.45) is 4.99 Å². The molecule has 9 nitrogen and oxygen atoms in total. The molecule has 0 aromatic carbocycles. The Morgan fingerprint density at radius 3 is 2.80 bits per heavy atom. The number of hydrogen-bond acceptors (Lipinski definition) is 6. The first-order chi connectivity index (χ1) is 14.6. The summed E-state index contributed by atoms with van der Waals surface area (Å²) < 4.78 is 4.28. The number of carbonyl (C=O) groups is 1. The van der Waals surface area contributed by atoms with Crippen LogP contribution in [0.4, 0.5) is 5.82 Å². The van der Waals surface area contributed by atoms with Gasteiger partial charge in [-0.05, 0) is 34.5 Å². The normalized spacial score (nSPS) is 12.8. The maximum Gasteiger partial charge on any atom is 0.266 e. The molecule has 4 heterocycles. The van der Waals surface area contributed by atoms with Crippen LogP contribution in [0.25, 0.3) is 5.78 Å². The number of aliphatic imine (C=N–C) groups is 1. The highest BCUT2D eigenvalue weighted by Gasteiger charge is 2.25. The molecule has 1 aliphatic rings. The SMILES string of the molecule is CCCCCn1c2c(c(=O)n3c(CCNC(=O)c4ccncc4)nnc13)CC(Br)=N2. The maximum absolute atomic E-state index is 13.1. The summed E-state index contributed by atoms with van der Waals surface area (Å²) in [5, 5.41) is 11.4. The number of halogens is 1. The monoisotopic (exact) mass is 471 g/mol. The van der Waals surface area contributed by atoms with E-state index in [4.69, 9.17) is 0 Å². The molecule has 0 saturated carbocycles.